The number of ether oxygens (including phenoxy) is 1. The van der Waals surface area contributed by atoms with Gasteiger partial charge in [0.15, 0.2) is 11.6 Å². The normalized spacial score (nSPS) is 28.2. The zero-order chi connectivity index (χ0) is 54.3. The molecule has 20 heteroatoms. The van der Waals surface area contributed by atoms with Crippen LogP contribution in [-0.2, 0) is 15.4 Å². The Kier molecular flexibility index (Phi) is 13.2. The third-order valence-corrected chi connectivity index (χ3v) is 18.5. The molecule has 13 rings (SSSR count). The molecule has 412 valence electrons. The Labute approximate surface area is 463 Å². The van der Waals surface area contributed by atoms with Crippen LogP contribution in [0.25, 0.3) is 22.4 Å². The van der Waals surface area contributed by atoms with Gasteiger partial charge in [0, 0.05) is 73.3 Å². The van der Waals surface area contributed by atoms with Gasteiger partial charge in [0.2, 0.25) is 17.6 Å². The highest BCUT2D eigenvalue weighted by Crippen LogP contribution is 2.59. The fraction of sp³-hybridized carbons (Fsp3) is 0.475. The molecule has 0 radical (unpaired) electrons. The molecule has 79 heavy (non-hydrogen) atoms. The van der Waals surface area contributed by atoms with Crippen LogP contribution in [0.3, 0.4) is 0 Å². The zero-order valence-corrected chi connectivity index (χ0v) is 45.3. The number of fused-ring (bicyclic) bond motifs is 2. The molecule has 18 nitrogen and oxygen atoms in total. The summed E-state index contributed by atoms with van der Waals surface area (Å²) in [5.74, 6) is 1.03. The van der Waals surface area contributed by atoms with E-state index in [-0.39, 0.29) is 76.6 Å². The molecule has 2 unspecified atom stereocenters. The minimum atomic E-state index is -1.13. The van der Waals surface area contributed by atoms with Crippen molar-refractivity contribution < 1.29 is 33.5 Å². The number of piperazine rings is 1. The lowest BCUT2D eigenvalue weighted by atomic mass is 9.52. The number of hydrogen-bond acceptors (Lipinski definition) is 17. The maximum absolute atomic E-state index is 14.6. The van der Waals surface area contributed by atoms with E-state index in [0.29, 0.717) is 40.4 Å². The van der Waals surface area contributed by atoms with Crippen LogP contribution in [0.15, 0.2) is 101 Å². The maximum Gasteiger partial charge on any atom is 0.273 e. The molecule has 6 fully saturated rings. The number of hydroxylamine groups is 1. The molecule has 1 amide bonds. The molecule has 2 bridgehead atoms. The molecule has 5 aliphatic heterocycles. The number of aliphatic imine (C=N–C) groups is 1. The van der Waals surface area contributed by atoms with Gasteiger partial charge in [-0.1, -0.05) is 80.0 Å². The molecular formula is C59H66ClFN12O6. The number of piperidine rings is 1. The number of aliphatic hydroxyl groups excluding tert-OH is 1. The Morgan fingerprint density at radius 2 is 1.59 bits per heavy atom. The maximum atomic E-state index is 14.6. The number of nitrogen functional groups attached to an aromatic ring is 1. The lowest BCUT2D eigenvalue weighted by molar-refractivity contribution is -0.134. The molecule has 2 aliphatic carbocycles. The van der Waals surface area contributed by atoms with E-state index in [4.69, 9.17) is 46.4 Å². The van der Waals surface area contributed by atoms with Crippen molar-refractivity contribution in [2.75, 3.05) is 48.3 Å². The SMILES string of the molecule is CC(C)[C@@H](C(=O)N1C[C@H](O)C[C@H]1C1=N[C@@](C)(c2ccc(-c3ccccc3F)cc2)ON1)c1onc(OC2CC3(C2)CC(N2CCC(c4cnc(N5C6CCC5CN(c5cc(-c7ccccc7O)nnc5N)C6)nc4)CC2)C3)c1Cl. The Balaban J connectivity index is 0.581. The van der Waals surface area contributed by atoms with Gasteiger partial charge in [-0.25, -0.2) is 29.7 Å². The number of nitrogens with one attached hydrogen (secondary N) is 1. The van der Waals surface area contributed by atoms with E-state index in [1.807, 2.05) is 63.2 Å². The van der Waals surface area contributed by atoms with Gasteiger partial charge < -0.3 is 44.8 Å². The van der Waals surface area contributed by atoms with Crippen molar-refractivity contribution in [1.29, 1.82) is 0 Å². The van der Waals surface area contributed by atoms with Crippen LogP contribution in [0.2, 0.25) is 5.02 Å². The summed E-state index contributed by atoms with van der Waals surface area (Å²) >= 11 is 6.99. The van der Waals surface area contributed by atoms with E-state index >= 15 is 0 Å². The summed E-state index contributed by atoms with van der Waals surface area (Å²) in [6.45, 7) is 9.42. The van der Waals surface area contributed by atoms with Crippen molar-refractivity contribution in [2.24, 2.45) is 16.3 Å². The van der Waals surface area contributed by atoms with E-state index in [9.17, 15) is 19.4 Å². The summed E-state index contributed by atoms with van der Waals surface area (Å²) in [5, 5.41) is 34.4. The number of phenols is 1. The van der Waals surface area contributed by atoms with Crippen LogP contribution in [-0.4, -0.2) is 126 Å². The fourth-order valence-corrected chi connectivity index (χ4v) is 14.2. The number of aromatic nitrogens is 5. The number of para-hydroxylation sites is 1. The van der Waals surface area contributed by atoms with Gasteiger partial charge in [0.25, 0.3) is 5.88 Å². The Bertz CT molecular complexity index is 3260. The van der Waals surface area contributed by atoms with Gasteiger partial charge in [-0.3, -0.25) is 4.79 Å². The number of anilines is 3. The molecular weight excluding hydrogens is 1030 g/mol. The van der Waals surface area contributed by atoms with Crippen molar-refractivity contribution in [2.45, 2.75) is 132 Å². The monoisotopic (exact) mass is 1090 g/mol. The minimum Gasteiger partial charge on any atom is -0.507 e. The van der Waals surface area contributed by atoms with Crippen LogP contribution >= 0.6 is 11.6 Å². The number of nitrogens with zero attached hydrogens (tertiary/aromatic N) is 10. The van der Waals surface area contributed by atoms with Crippen molar-refractivity contribution in [3.8, 4) is 34.0 Å². The lowest BCUT2D eigenvalue weighted by Gasteiger charge is -2.60. The summed E-state index contributed by atoms with van der Waals surface area (Å²) < 4.78 is 26.8. The highest BCUT2D eigenvalue weighted by molar-refractivity contribution is 6.32. The smallest absolute Gasteiger partial charge is 0.273 e. The Hall–Kier alpha value is -6.93. The van der Waals surface area contributed by atoms with Crippen LogP contribution in [0.1, 0.15) is 107 Å². The van der Waals surface area contributed by atoms with Crippen molar-refractivity contribution in [3.05, 3.63) is 119 Å². The van der Waals surface area contributed by atoms with E-state index in [1.54, 1.807) is 35.2 Å². The third-order valence-electron chi connectivity index (χ3n) is 18.2. The first-order valence-corrected chi connectivity index (χ1v) is 28.3. The van der Waals surface area contributed by atoms with Gasteiger partial charge in [0.05, 0.1) is 23.5 Å². The lowest BCUT2D eigenvalue weighted by Crippen LogP contribution is -2.59. The predicted molar refractivity (Wildman–Crippen MR) is 296 cm³/mol. The highest BCUT2D eigenvalue weighted by Gasteiger charge is 2.56. The number of carbonyl (C=O) groups excluding carboxylic acids is 1. The van der Waals surface area contributed by atoms with Crippen molar-refractivity contribution >= 4 is 40.8 Å². The van der Waals surface area contributed by atoms with Crippen molar-refractivity contribution in [1.82, 2.24) is 40.6 Å². The molecule has 6 aromatic rings. The number of phenolic OH excluding ortho intramolecular Hbond substituents is 1. The summed E-state index contributed by atoms with van der Waals surface area (Å²) in [6.07, 6.45) is 11.9. The topological polar surface area (TPSA) is 217 Å². The number of aliphatic hydroxyl groups is 1. The Morgan fingerprint density at radius 1 is 0.899 bits per heavy atom. The van der Waals surface area contributed by atoms with Crippen LogP contribution in [0.4, 0.5) is 21.8 Å². The molecule has 8 heterocycles. The minimum absolute atomic E-state index is 0.0474. The number of amides is 1. The number of likely N-dealkylation sites (tertiary alicyclic amines) is 2. The van der Waals surface area contributed by atoms with Gasteiger partial charge in [-0.15, -0.1) is 10.2 Å². The summed E-state index contributed by atoms with van der Waals surface area (Å²) in [7, 11) is 0. The number of amidine groups is 1. The van der Waals surface area contributed by atoms with Crippen LogP contribution in [0.5, 0.6) is 11.6 Å². The number of hydrogen-bond donors (Lipinski definition) is 4. The second kappa shape index (κ2) is 20.3. The number of rotatable bonds is 13. The van der Waals surface area contributed by atoms with Crippen LogP contribution < -0.4 is 25.8 Å². The quantitative estimate of drug-likeness (QED) is 0.0851. The average Bonchev–Trinajstić information content (AvgIpc) is 4.23. The van der Waals surface area contributed by atoms with E-state index in [2.05, 4.69) is 47.9 Å². The van der Waals surface area contributed by atoms with Gasteiger partial charge >= 0.3 is 0 Å². The molecule has 3 aromatic heterocycles. The molecule has 3 aromatic carbocycles. The third kappa shape index (κ3) is 9.48. The molecule has 1 spiro atoms. The number of halogens is 2. The number of nitrogens with two attached hydrogens (primary N) is 1. The van der Waals surface area contributed by atoms with Gasteiger partial charge in [-0.05, 0) is 129 Å². The molecule has 5 N–H and O–H groups in total. The summed E-state index contributed by atoms with van der Waals surface area (Å²) in [4.78, 5) is 44.5. The number of carbonyl (C=O) groups is 1. The predicted octanol–water partition coefficient (Wildman–Crippen LogP) is 8.60. The van der Waals surface area contributed by atoms with Gasteiger partial charge in [0.1, 0.15) is 34.4 Å². The first-order valence-electron chi connectivity index (χ1n) is 27.9. The highest BCUT2D eigenvalue weighted by atomic mass is 35.5. The number of benzene rings is 3. The molecule has 7 aliphatic rings. The molecule has 2 saturated carbocycles. The largest absolute Gasteiger partial charge is 0.507 e. The first kappa shape index (κ1) is 51.5. The standard InChI is InChI=1S/C59H66ClFN12O6/c1-33(2)50(56(76)72-32-41(74)22-48(72)54-65-58(3,79-68-54)37-14-12-35(13-15-37)43-8-4-6-10-45(43)61)52-51(60)55(69-78-52)77-42-26-59(27-42)24-40(25-59)70-20-18-34(19-21-70)36-28-63-57(64-29-36)73-38-16-17-39(73)31-71(30-38)47-23-46(66-67-53(47)62)44-9-5-7-11-49(44)75/h4-15,23,28-29,33-34,38-42,48,50,74-75H,16-22,24-27,30-32H2,1-3H3,(H2,62,67)(H,65,68)/t38?,39?,40?,41-,42?,48+,50-,58-,59?/m1/s1. The van der Waals surface area contributed by atoms with Crippen LogP contribution in [0, 0.1) is 17.2 Å². The van der Waals surface area contributed by atoms with Crippen molar-refractivity contribution in [3.63, 3.8) is 0 Å². The second-order valence-electron chi connectivity index (χ2n) is 23.6. The summed E-state index contributed by atoms with van der Waals surface area (Å²) in [5.41, 5.74) is 13.7. The van der Waals surface area contributed by atoms with Gasteiger partial charge in [-0.2, -0.15) is 0 Å². The molecule has 6 atom stereocenters. The second-order valence-corrected chi connectivity index (χ2v) is 24.0. The number of aromatic hydroxyl groups is 1. The Morgan fingerprint density at radius 3 is 2.29 bits per heavy atom. The number of β-amino-alcohol motifs (C(OH)–C–C–N with tert-alkyl or cyclic N) is 1. The first-order chi connectivity index (χ1) is 38.2. The van der Waals surface area contributed by atoms with E-state index in [0.717, 1.165) is 100 Å². The van der Waals surface area contributed by atoms with E-state index in [1.165, 1.54) is 11.6 Å². The molecule has 4 saturated heterocycles. The fourth-order valence-electron chi connectivity index (χ4n) is 13.9. The average molecular weight is 1090 g/mol. The summed E-state index contributed by atoms with van der Waals surface area (Å²) in [6, 6.07) is 23.5. The zero-order valence-electron chi connectivity index (χ0n) is 44.6. The van der Waals surface area contributed by atoms with E-state index < -0.39 is 23.8 Å².